The number of nitrogens with zero attached hydrogens (tertiary/aromatic N) is 1. The van der Waals surface area contributed by atoms with Crippen molar-refractivity contribution in [2.75, 3.05) is 0 Å². The molecule has 0 spiro atoms. The van der Waals surface area contributed by atoms with Crippen LogP contribution in [0.2, 0.25) is 0 Å². The third kappa shape index (κ3) is 4.07. The number of benzene rings is 1. The van der Waals surface area contributed by atoms with Crippen LogP contribution in [-0.2, 0) is 13.0 Å². The predicted molar refractivity (Wildman–Crippen MR) is 77.1 cm³/mol. The molecule has 2 rings (SSSR count). The number of hydrogen-bond donors (Lipinski definition) is 2. The Hall–Kier alpha value is -1.87. The minimum atomic E-state index is 0.313. The van der Waals surface area contributed by atoms with Crippen molar-refractivity contribution in [1.82, 2.24) is 10.3 Å². The highest BCUT2D eigenvalue weighted by molar-refractivity contribution is 5.26. The average Bonchev–Trinajstić information content (AvgIpc) is 2.40. The van der Waals surface area contributed by atoms with Gasteiger partial charge in [0.05, 0.1) is 5.69 Å². The molecule has 1 aromatic carbocycles. The van der Waals surface area contributed by atoms with Crippen molar-refractivity contribution in [3.8, 4) is 5.75 Å². The van der Waals surface area contributed by atoms with Crippen molar-refractivity contribution in [1.29, 1.82) is 0 Å². The molecular weight excluding hydrogens is 236 g/mol. The molecule has 2 N–H and O–H groups in total. The third-order valence-corrected chi connectivity index (χ3v) is 3.21. The quantitative estimate of drug-likeness (QED) is 0.864. The fourth-order valence-electron chi connectivity index (χ4n) is 2.03. The number of rotatable bonds is 5. The highest BCUT2D eigenvalue weighted by atomic mass is 16.3. The summed E-state index contributed by atoms with van der Waals surface area (Å²) in [6.07, 6.45) is 2.76. The van der Waals surface area contributed by atoms with E-state index in [0.29, 0.717) is 11.8 Å². The van der Waals surface area contributed by atoms with Gasteiger partial charge < -0.3 is 10.4 Å². The summed E-state index contributed by atoms with van der Waals surface area (Å²) in [5.41, 5.74) is 3.53. The molecule has 2 aromatic rings. The van der Waals surface area contributed by atoms with E-state index in [0.717, 1.165) is 18.7 Å². The van der Waals surface area contributed by atoms with Crippen molar-refractivity contribution < 1.29 is 5.11 Å². The Labute approximate surface area is 114 Å². The van der Waals surface area contributed by atoms with Gasteiger partial charge in [-0.1, -0.05) is 18.2 Å². The van der Waals surface area contributed by atoms with E-state index >= 15 is 0 Å². The molecule has 0 bridgehead atoms. The zero-order valence-corrected chi connectivity index (χ0v) is 11.4. The molecule has 1 unspecified atom stereocenters. The molecule has 0 saturated carbocycles. The first-order valence-corrected chi connectivity index (χ1v) is 6.57. The summed E-state index contributed by atoms with van der Waals surface area (Å²) in [6.45, 7) is 5.02. The lowest BCUT2D eigenvalue weighted by atomic mass is 10.1. The molecule has 1 atom stereocenters. The Bertz CT molecular complexity index is 523. The van der Waals surface area contributed by atoms with E-state index in [2.05, 4.69) is 30.2 Å². The summed E-state index contributed by atoms with van der Waals surface area (Å²) < 4.78 is 0. The van der Waals surface area contributed by atoms with Gasteiger partial charge in [-0.3, -0.25) is 4.98 Å². The first-order valence-electron chi connectivity index (χ1n) is 6.57. The predicted octanol–water partition coefficient (Wildman–Crippen LogP) is 2.82. The normalized spacial score (nSPS) is 12.3. The summed E-state index contributed by atoms with van der Waals surface area (Å²) in [5, 5.41) is 12.7. The SMILES string of the molecule is Cc1cccnc1CNC(C)Cc1ccc(O)cc1. The van der Waals surface area contributed by atoms with Gasteiger partial charge in [0.15, 0.2) is 0 Å². The summed E-state index contributed by atoms with van der Waals surface area (Å²) in [7, 11) is 0. The maximum absolute atomic E-state index is 9.25. The highest BCUT2D eigenvalue weighted by Crippen LogP contribution is 2.11. The topological polar surface area (TPSA) is 45.2 Å². The van der Waals surface area contributed by atoms with Crippen LogP contribution >= 0.6 is 0 Å². The molecular formula is C16H20N2O. The Morgan fingerprint density at radius 2 is 1.95 bits per heavy atom. The number of phenols is 1. The van der Waals surface area contributed by atoms with Crippen LogP contribution in [0.4, 0.5) is 0 Å². The summed E-state index contributed by atoms with van der Waals surface area (Å²) >= 11 is 0. The number of hydrogen-bond acceptors (Lipinski definition) is 3. The molecule has 0 fully saturated rings. The highest BCUT2D eigenvalue weighted by Gasteiger charge is 2.05. The first-order chi connectivity index (χ1) is 9.15. The van der Waals surface area contributed by atoms with Crippen LogP contribution < -0.4 is 5.32 Å². The number of phenolic OH excluding ortho intramolecular Hbond substituents is 1. The Balaban J connectivity index is 1.86. The summed E-state index contributed by atoms with van der Waals surface area (Å²) in [4.78, 5) is 4.37. The van der Waals surface area contributed by atoms with E-state index in [1.54, 1.807) is 12.1 Å². The zero-order valence-electron chi connectivity index (χ0n) is 11.4. The van der Waals surface area contributed by atoms with E-state index in [1.807, 2.05) is 24.4 Å². The van der Waals surface area contributed by atoms with Gasteiger partial charge in [0.1, 0.15) is 5.75 Å². The molecule has 0 radical (unpaired) electrons. The second-order valence-electron chi connectivity index (χ2n) is 4.92. The van der Waals surface area contributed by atoms with Crippen LogP contribution in [0.25, 0.3) is 0 Å². The minimum absolute atomic E-state index is 0.313. The van der Waals surface area contributed by atoms with Crippen molar-refractivity contribution in [2.45, 2.75) is 32.9 Å². The molecule has 0 aliphatic rings. The van der Waals surface area contributed by atoms with Crippen molar-refractivity contribution >= 4 is 0 Å². The lowest BCUT2D eigenvalue weighted by Gasteiger charge is -2.14. The molecule has 1 aromatic heterocycles. The fourth-order valence-corrected chi connectivity index (χ4v) is 2.03. The van der Waals surface area contributed by atoms with E-state index in [4.69, 9.17) is 0 Å². The van der Waals surface area contributed by atoms with Crippen LogP contribution in [0.15, 0.2) is 42.6 Å². The lowest BCUT2D eigenvalue weighted by Crippen LogP contribution is -2.28. The molecule has 19 heavy (non-hydrogen) atoms. The lowest BCUT2D eigenvalue weighted by molar-refractivity contribution is 0.474. The van der Waals surface area contributed by atoms with Gasteiger partial charge in [-0.2, -0.15) is 0 Å². The van der Waals surface area contributed by atoms with Crippen molar-refractivity contribution in [2.24, 2.45) is 0 Å². The van der Waals surface area contributed by atoms with Gasteiger partial charge in [0.25, 0.3) is 0 Å². The maximum atomic E-state index is 9.25. The summed E-state index contributed by atoms with van der Waals surface area (Å²) in [6, 6.07) is 11.8. The van der Waals surface area contributed by atoms with Crippen LogP contribution in [0.5, 0.6) is 5.75 Å². The molecule has 100 valence electrons. The second-order valence-corrected chi connectivity index (χ2v) is 4.92. The Morgan fingerprint density at radius 3 is 2.63 bits per heavy atom. The van der Waals surface area contributed by atoms with Crippen LogP contribution in [-0.4, -0.2) is 16.1 Å². The van der Waals surface area contributed by atoms with E-state index in [1.165, 1.54) is 11.1 Å². The maximum Gasteiger partial charge on any atom is 0.115 e. The van der Waals surface area contributed by atoms with Crippen molar-refractivity contribution in [3.05, 3.63) is 59.4 Å². The van der Waals surface area contributed by atoms with Gasteiger partial charge in [0, 0.05) is 18.8 Å². The molecule has 0 saturated heterocycles. The summed E-state index contributed by atoms with van der Waals surface area (Å²) in [5.74, 6) is 0.313. The number of pyridine rings is 1. The molecule has 0 aliphatic heterocycles. The molecule has 3 heteroatoms. The number of aromatic nitrogens is 1. The first kappa shape index (κ1) is 13.6. The number of aromatic hydroxyl groups is 1. The van der Waals surface area contributed by atoms with Crippen LogP contribution in [0.1, 0.15) is 23.7 Å². The average molecular weight is 256 g/mol. The van der Waals surface area contributed by atoms with Crippen LogP contribution in [0, 0.1) is 6.92 Å². The van der Waals surface area contributed by atoms with Gasteiger partial charge in [-0.15, -0.1) is 0 Å². The van der Waals surface area contributed by atoms with Gasteiger partial charge >= 0.3 is 0 Å². The fraction of sp³-hybridized carbons (Fsp3) is 0.312. The smallest absolute Gasteiger partial charge is 0.115 e. The van der Waals surface area contributed by atoms with Crippen molar-refractivity contribution in [3.63, 3.8) is 0 Å². The van der Waals surface area contributed by atoms with E-state index in [9.17, 15) is 5.11 Å². The van der Waals surface area contributed by atoms with E-state index < -0.39 is 0 Å². The van der Waals surface area contributed by atoms with Gasteiger partial charge in [-0.05, 0) is 49.6 Å². The monoisotopic (exact) mass is 256 g/mol. The molecule has 0 aliphatic carbocycles. The zero-order chi connectivity index (χ0) is 13.7. The molecule has 3 nitrogen and oxygen atoms in total. The van der Waals surface area contributed by atoms with Gasteiger partial charge in [-0.25, -0.2) is 0 Å². The standard InChI is InChI=1S/C16H20N2O/c1-12-4-3-9-17-16(12)11-18-13(2)10-14-5-7-15(19)8-6-14/h3-9,13,18-19H,10-11H2,1-2H3. The molecule has 0 amide bonds. The minimum Gasteiger partial charge on any atom is -0.508 e. The largest absolute Gasteiger partial charge is 0.508 e. The number of aryl methyl sites for hydroxylation is 1. The number of nitrogens with one attached hydrogen (secondary N) is 1. The van der Waals surface area contributed by atoms with E-state index in [-0.39, 0.29) is 0 Å². The van der Waals surface area contributed by atoms with Crippen LogP contribution in [0.3, 0.4) is 0 Å². The Kier molecular flexibility index (Phi) is 4.53. The third-order valence-electron chi connectivity index (χ3n) is 3.21. The molecule has 1 heterocycles. The Morgan fingerprint density at radius 1 is 1.21 bits per heavy atom. The second kappa shape index (κ2) is 6.34. The van der Waals surface area contributed by atoms with Gasteiger partial charge in [0.2, 0.25) is 0 Å².